The molecule has 0 spiro atoms. The second kappa shape index (κ2) is 3.64. The van der Waals surface area contributed by atoms with Crippen LogP contribution in [0.5, 0.6) is 0 Å². The van der Waals surface area contributed by atoms with Crippen LogP contribution in [0.4, 0.5) is 0 Å². The highest BCUT2D eigenvalue weighted by Crippen LogP contribution is 2.07. The summed E-state index contributed by atoms with van der Waals surface area (Å²) < 4.78 is 0. The van der Waals surface area contributed by atoms with Crippen molar-refractivity contribution in [3.8, 4) is 0 Å². The molecule has 1 aromatic heterocycles. The first-order valence-corrected chi connectivity index (χ1v) is 4.36. The van der Waals surface area contributed by atoms with Crippen molar-refractivity contribution in [1.82, 2.24) is 0 Å². The maximum atomic E-state index is 11.0. The van der Waals surface area contributed by atoms with Crippen LogP contribution in [0.25, 0.3) is 0 Å². The second-order valence-electron chi connectivity index (χ2n) is 2.45. The van der Waals surface area contributed by atoms with Gasteiger partial charge in [0.15, 0.2) is 5.78 Å². The van der Waals surface area contributed by atoms with E-state index in [9.17, 15) is 4.79 Å². The second-order valence-corrected chi connectivity index (χ2v) is 3.23. The van der Waals surface area contributed by atoms with Gasteiger partial charge in [-0.15, -0.1) is 0 Å². The van der Waals surface area contributed by atoms with Crippen LogP contribution < -0.4 is 0 Å². The van der Waals surface area contributed by atoms with E-state index in [-0.39, 0.29) is 5.78 Å². The number of hydrogen-bond acceptors (Lipinski definition) is 3. The summed E-state index contributed by atoms with van der Waals surface area (Å²) in [4.78, 5) is 11.0. The van der Waals surface area contributed by atoms with Gasteiger partial charge < -0.3 is 5.11 Å². The molecule has 1 atom stereocenters. The fourth-order valence-electron chi connectivity index (χ4n) is 0.742. The van der Waals surface area contributed by atoms with Gasteiger partial charge in [0.1, 0.15) is 6.10 Å². The van der Waals surface area contributed by atoms with E-state index in [0.717, 1.165) is 5.56 Å². The highest BCUT2D eigenvalue weighted by Gasteiger charge is 2.09. The van der Waals surface area contributed by atoms with E-state index in [4.69, 9.17) is 5.11 Å². The minimum Gasteiger partial charge on any atom is -0.386 e. The zero-order valence-corrected chi connectivity index (χ0v) is 7.10. The molecule has 0 bridgehead atoms. The van der Waals surface area contributed by atoms with Crippen LogP contribution in [0, 0.1) is 0 Å². The van der Waals surface area contributed by atoms with Crippen molar-refractivity contribution in [2.24, 2.45) is 0 Å². The topological polar surface area (TPSA) is 37.3 Å². The Hall–Kier alpha value is -0.670. The largest absolute Gasteiger partial charge is 0.386 e. The summed E-state index contributed by atoms with van der Waals surface area (Å²) in [5.41, 5.74) is 0.987. The molecule has 11 heavy (non-hydrogen) atoms. The summed E-state index contributed by atoms with van der Waals surface area (Å²) >= 11 is 1.56. The van der Waals surface area contributed by atoms with Crippen LogP contribution in [-0.2, 0) is 11.2 Å². The third-order valence-electron chi connectivity index (χ3n) is 1.42. The average molecular weight is 170 g/mol. The number of thiophene rings is 1. The molecule has 0 aliphatic carbocycles. The molecule has 1 rings (SSSR count). The highest BCUT2D eigenvalue weighted by molar-refractivity contribution is 7.07. The van der Waals surface area contributed by atoms with Crippen LogP contribution >= 0.6 is 11.3 Å². The zero-order chi connectivity index (χ0) is 8.27. The van der Waals surface area contributed by atoms with Gasteiger partial charge in [-0.05, 0) is 29.3 Å². The Morgan fingerprint density at radius 1 is 1.82 bits per heavy atom. The molecule has 2 nitrogen and oxygen atoms in total. The maximum absolute atomic E-state index is 11.0. The number of carbonyl (C=O) groups is 1. The lowest BCUT2D eigenvalue weighted by molar-refractivity contribution is -0.125. The number of rotatable bonds is 3. The van der Waals surface area contributed by atoms with Crippen molar-refractivity contribution in [1.29, 1.82) is 0 Å². The summed E-state index contributed by atoms with van der Waals surface area (Å²) in [7, 11) is 0. The molecule has 0 saturated heterocycles. The summed E-state index contributed by atoms with van der Waals surface area (Å²) in [5.74, 6) is -0.122. The Bertz CT molecular complexity index is 226. The minimum atomic E-state index is -0.838. The zero-order valence-electron chi connectivity index (χ0n) is 6.28. The highest BCUT2D eigenvalue weighted by atomic mass is 32.1. The first-order valence-electron chi connectivity index (χ1n) is 3.42. The van der Waals surface area contributed by atoms with E-state index >= 15 is 0 Å². The van der Waals surface area contributed by atoms with Gasteiger partial charge in [-0.1, -0.05) is 0 Å². The molecular weight excluding hydrogens is 160 g/mol. The molecule has 1 heterocycles. The van der Waals surface area contributed by atoms with E-state index in [1.165, 1.54) is 6.92 Å². The van der Waals surface area contributed by atoms with Gasteiger partial charge in [-0.2, -0.15) is 11.3 Å². The van der Waals surface area contributed by atoms with Crippen molar-refractivity contribution in [2.75, 3.05) is 0 Å². The van der Waals surface area contributed by atoms with Gasteiger partial charge in [-0.3, -0.25) is 4.79 Å². The fraction of sp³-hybridized carbons (Fsp3) is 0.375. The van der Waals surface area contributed by atoms with E-state index in [2.05, 4.69) is 0 Å². The molecule has 0 saturated carbocycles. The van der Waals surface area contributed by atoms with Crippen LogP contribution in [0.1, 0.15) is 12.5 Å². The van der Waals surface area contributed by atoms with E-state index in [1.807, 2.05) is 16.8 Å². The van der Waals surface area contributed by atoms with Crippen molar-refractivity contribution >= 4 is 17.1 Å². The Morgan fingerprint density at radius 3 is 3.00 bits per heavy atom. The lowest BCUT2D eigenvalue weighted by Gasteiger charge is -1.99. The summed E-state index contributed by atoms with van der Waals surface area (Å²) in [6, 6.07) is 1.89. The molecule has 1 unspecified atom stereocenters. The third kappa shape index (κ3) is 2.44. The Kier molecular flexibility index (Phi) is 2.79. The van der Waals surface area contributed by atoms with Crippen LogP contribution in [0.2, 0.25) is 0 Å². The number of hydrogen-bond donors (Lipinski definition) is 1. The van der Waals surface area contributed by atoms with Gasteiger partial charge in [-0.25, -0.2) is 0 Å². The molecule has 1 aromatic rings. The number of carbonyl (C=O) groups excluding carboxylic acids is 1. The quantitative estimate of drug-likeness (QED) is 0.741. The van der Waals surface area contributed by atoms with Crippen molar-refractivity contribution in [3.05, 3.63) is 22.4 Å². The SMILES string of the molecule is CC(O)C(=O)Cc1ccsc1. The molecule has 3 heteroatoms. The van der Waals surface area contributed by atoms with Gasteiger partial charge in [0.2, 0.25) is 0 Å². The van der Waals surface area contributed by atoms with Crippen molar-refractivity contribution < 1.29 is 9.90 Å². The standard InChI is InChI=1S/C8H10O2S/c1-6(9)8(10)4-7-2-3-11-5-7/h2-3,5-6,9H,4H2,1H3. The molecule has 1 N–H and O–H groups in total. The van der Waals surface area contributed by atoms with Gasteiger partial charge in [0.25, 0.3) is 0 Å². The molecule has 0 fully saturated rings. The normalized spacial score (nSPS) is 12.9. The third-order valence-corrected chi connectivity index (χ3v) is 2.16. The van der Waals surface area contributed by atoms with E-state index in [1.54, 1.807) is 11.3 Å². The Morgan fingerprint density at radius 2 is 2.55 bits per heavy atom. The van der Waals surface area contributed by atoms with Gasteiger partial charge >= 0.3 is 0 Å². The molecular formula is C8H10O2S. The first kappa shape index (κ1) is 8.43. The summed E-state index contributed by atoms with van der Waals surface area (Å²) in [6.45, 7) is 1.49. The molecule has 0 aromatic carbocycles. The summed E-state index contributed by atoms with van der Waals surface area (Å²) in [6.07, 6.45) is -0.490. The smallest absolute Gasteiger partial charge is 0.165 e. The lowest BCUT2D eigenvalue weighted by Crippen LogP contribution is -2.17. The van der Waals surface area contributed by atoms with Crippen molar-refractivity contribution in [2.45, 2.75) is 19.4 Å². The monoisotopic (exact) mass is 170 g/mol. The number of Topliss-reactive ketones (excluding diaryl/α,β-unsaturated/α-hetero) is 1. The average Bonchev–Trinajstić information content (AvgIpc) is 2.39. The lowest BCUT2D eigenvalue weighted by atomic mass is 10.1. The fourth-order valence-corrected chi connectivity index (χ4v) is 1.41. The molecule has 0 aliphatic heterocycles. The van der Waals surface area contributed by atoms with Crippen LogP contribution in [-0.4, -0.2) is 17.0 Å². The Labute approximate surface area is 69.5 Å². The van der Waals surface area contributed by atoms with Crippen molar-refractivity contribution in [3.63, 3.8) is 0 Å². The van der Waals surface area contributed by atoms with E-state index in [0.29, 0.717) is 6.42 Å². The number of aliphatic hydroxyl groups is 1. The number of aliphatic hydroxyl groups excluding tert-OH is 1. The predicted octanol–water partition coefficient (Wildman–Crippen LogP) is 1.24. The Balaban J connectivity index is 2.50. The number of ketones is 1. The van der Waals surface area contributed by atoms with Gasteiger partial charge in [0.05, 0.1) is 0 Å². The first-order chi connectivity index (χ1) is 5.20. The molecule has 0 radical (unpaired) electrons. The minimum absolute atomic E-state index is 0.122. The van der Waals surface area contributed by atoms with Gasteiger partial charge in [0, 0.05) is 6.42 Å². The van der Waals surface area contributed by atoms with Crippen LogP contribution in [0.3, 0.4) is 0 Å². The molecule has 0 aliphatic rings. The summed E-state index contributed by atoms with van der Waals surface area (Å²) in [5, 5.41) is 12.7. The molecule has 0 amide bonds. The van der Waals surface area contributed by atoms with E-state index < -0.39 is 6.10 Å². The predicted molar refractivity (Wildman–Crippen MR) is 44.7 cm³/mol. The molecule has 60 valence electrons. The van der Waals surface area contributed by atoms with Crippen LogP contribution in [0.15, 0.2) is 16.8 Å². The maximum Gasteiger partial charge on any atom is 0.165 e.